The zero-order valence-electron chi connectivity index (χ0n) is 11.3. The summed E-state index contributed by atoms with van der Waals surface area (Å²) in [6.45, 7) is 0. The normalized spacial score (nSPS) is 17.6. The molecule has 1 aliphatic rings. The lowest BCUT2D eigenvalue weighted by molar-refractivity contribution is 0.415. The van der Waals surface area contributed by atoms with Crippen LogP contribution in [0.3, 0.4) is 0 Å². The highest BCUT2D eigenvalue weighted by atomic mass is 35.5. The molecule has 0 saturated heterocycles. The summed E-state index contributed by atoms with van der Waals surface area (Å²) in [4.78, 5) is 9.06. The Morgan fingerprint density at radius 2 is 2.25 bits per heavy atom. The van der Waals surface area contributed by atoms with Gasteiger partial charge in [0.15, 0.2) is 5.82 Å². The van der Waals surface area contributed by atoms with E-state index < -0.39 is 0 Å². The number of halogens is 1. The highest BCUT2D eigenvalue weighted by molar-refractivity contribution is 6.32. The van der Waals surface area contributed by atoms with Crippen molar-refractivity contribution in [3.63, 3.8) is 0 Å². The number of rotatable bonds is 2. The van der Waals surface area contributed by atoms with E-state index in [9.17, 15) is 0 Å². The molecule has 2 aromatic rings. The monoisotopic (exact) mass is 289 g/mol. The maximum atomic E-state index is 6.15. The molecular weight excluding hydrogens is 274 g/mol. The third kappa shape index (κ3) is 2.37. The van der Waals surface area contributed by atoms with Crippen molar-refractivity contribution in [3.8, 4) is 17.1 Å². The van der Waals surface area contributed by atoms with E-state index in [1.54, 1.807) is 7.11 Å². The van der Waals surface area contributed by atoms with Crippen LogP contribution in [0.4, 0.5) is 0 Å². The van der Waals surface area contributed by atoms with Crippen LogP contribution in [0.15, 0.2) is 24.4 Å². The smallest absolute Gasteiger partial charge is 0.159 e. The molecule has 0 spiro atoms. The van der Waals surface area contributed by atoms with Crippen molar-refractivity contribution in [1.29, 1.82) is 0 Å². The molecule has 2 N–H and O–H groups in total. The van der Waals surface area contributed by atoms with Crippen molar-refractivity contribution >= 4 is 11.6 Å². The van der Waals surface area contributed by atoms with Gasteiger partial charge >= 0.3 is 0 Å². The fourth-order valence-corrected chi connectivity index (χ4v) is 2.78. The number of aromatic nitrogens is 2. The number of methoxy groups -OCH3 is 1. The first-order valence-corrected chi connectivity index (χ1v) is 7.02. The lowest BCUT2D eigenvalue weighted by Crippen LogP contribution is -2.19. The molecule has 1 aliphatic carbocycles. The number of nitrogens with two attached hydrogens (primary N) is 1. The Hall–Kier alpha value is -1.65. The maximum absolute atomic E-state index is 6.15. The van der Waals surface area contributed by atoms with Gasteiger partial charge in [-0.3, -0.25) is 0 Å². The highest BCUT2D eigenvalue weighted by Gasteiger charge is 2.19. The van der Waals surface area contributed by atoms with Gasteiger partial charge in [-0.2, -0.15) is 0 Å². The molecule has 1 aromatic carbocycles. The third-order valence-electron chi connectivity index (χ3n) is 3.64. The van der Waals surface area contributed by atoms with Crippen molar-refractivity contribution in [2.75, 3.05) is 7.11 Å². The SMILES string of the molecule is COc1ccc(-c2ncc3c(n2)CCCC3N)cc1Cl. The van der Waals surface area contributed by atoms with Crippen LogP contribution in [-0.4, -0.2) is 17.1 Å². The molecule has 0 aliphatic heterocycles. The predicted octanol–water partition coefficient (Wildman–Crippen LogP) is 3.14. The van der Waals surface area contributed by atoms with Gasteiger partial charge in [0, 0.05) is 29.1 Å². The van der Waals surface area contributed by atoms with Gasteiger partial charge in [0.05, 0.1) is 12.1 Å². The average Bonchev–Trinajstić information content (AvgIpc) is 2.47. The summed E-state index contributed by atoms with van der Waals surface area (Å²) in [6, 6.07) is 5.62. The summed E-state index contributed by atoms with van der Waals surface area (Å²) in [6.07, 6.45) is 4.89. The van der Waals surface area contributed by atoms with Crippen molar-refractivity contribution in [2.45, 2.75) is 25.3 Å². The predicted molar refractivity (Wildman–Crippen MR) is 78.9 cm³/mol. The van der Waals surface area contributed by atoms with Crippen LogP contribution in [0.5, 0.6) is 5.75 Å². The molecule has 5 heteroatoms. The van der Waals surface area contributed by atoms with Crippen LogP contribution in [-0.2, 0) is 6.42 Å². The first kappa shape index (κ1) is 13.3. The molecule has 0 saturated carbocycles. The summed E-state index contributed by atoms with van der Waals surface area (Å²) in [5, 5.41) is 0.558. The number of benzene rings is 1. The van der Waals surface area contributed by atoms with Gasteiger partial charge in [0.1, 0.15) is 5.75 Å². The summed E-state index contributed by atoms with van der Waals surface area (Å²) < 4.78 is 5.15. The topological polar surface area (TPSA) is 61.0 Å². The number of aryl methyl sites for hydroxylation is 1. The van der Waals surface area contributed by atoms with Crippen LogP contribution in [0.1, 0.15) is 30.1 Å². The van der Waals surface area contributed by atoms with Gasteiger partial charge < -0.3 is 10.5 Å². The lowest BCUT2D eigenvalue weighted by Gasteiger charge is -2.21. The zero-order valence-corrected chi connectivity index (χ0v) is 12.0. The molecule has 0 radical (unpaired) electrons. The number of nitrogens with zero attached hydrogens (tertiary/aromatic N) is 2. The van der Waals surface area contributed by atoms with E-state index in [0.29, 0.717) is 16.6 Å². The minimum absolute atomic E-state index is 0.0623. The van der Waals surface area contributed by atoms with Gasteiger partial charge in [-0.25, -0.2) is 9.97 Å². The highest BCUT2D eigenvalue weighted by Crippen LogP contribution is 2.31. The van der Waals surface area contributed by atoms with Crippen molar-refractivity contribution in [2.24, 2.45) is 5.73 Å². The largest absolute Gasteiger partial charge is 0.495 e. The van der Waals surface area contributed by atoms with Gasteiger partial charge in [-0.15, -0.1) is 0 Å². The molecule has 1 atom stereocenters. The molecule has 1 aromatic heterocycles. The summed E-state index contributed by atoms with van der Waals surface area (Å²) in [5.41, 5.74) is 9.09. The third-order valence-corrected chi connectivity index (χ3v) is 3.93. The molecule has 20 heavy (non-hydrogen) atoms. The quantitative estimate of drug-likeness (QED) is 0.922. The second kappa shape index (κ2) is 5.38. The van der Waals surface area contributed by atoms with E-state index in [4.69, 9.17) is 22.1 Å². The molecule has 0 amide bonds. The molecule has 104 valence electrons. The summed E-state index contributed by atoms with van der Waals surface area (Å²) in [7, 11) is 1.59. The van der Waals surface area contributed by atoms with Crippen LogP contribution < -0.4 is 10.5 Å². The number of hydrogen-bond acceptors (Lipinski definition) is 4. The number of fused-ring (bicyclic) bond motifs is 1. The van der Waals surface area contributed by atoms with Crippen LogP contribution >= 0.6 is 11.6 Å². The first-order valence-electron chi connectivity index (χ1n) is 6.64. The van der Waals surface area contributed by atoms with Crippen molar-refractivity contribution in [3.05, 3.63) is 40.7 Å². The van der Waals surface area contributed by atoms with Gasteiger partial charge in [-0.05, 0) is 37.5 Å². The Morgan fingerprint density at radius 3 is 3.00 bits per heavy atom. The number of hydrogen-bond donors (Lipinski definition) is 1. The van der Waals surface area contributed by atoms with Gasteiger partial charge in [0.2, 0.25) is 0 Å². The Kier molecular flexibility index (Phi) is 3.59. The average molecular weight is 290 g/mol. The lowest BCUT2D eigenvalue weighted by atomic mass is 9.93. The van der Waals surface area contributed by atoms with Crippen LogP contribution in [0.25, 0.3) is 11.4 Å². The van der Waals surface area contributed by atoms with Crippen molar-refractivity contribution in [1.82, 2.24) is 9.97 Å². The zero-order chi connectivity index (χ0) is 14.1. The fourth-order valence-electron chi connectivity index (χ4n) is 2.53. The van der Waals surface area contributed by atoms with Gasteiger partial charge in [0.25, 0.3) is 0 Å². The molecule has 1 unspecified atom stereocenters. The molecular formula is C15H16ClN3O. The van der Waals surface area contributed by atoms with Gasteiger partial charge in [-0.1, -0.05) is 11.6 Å². The van der Waals surface area contributed by atoms with E-state index in [1.165, 1.54) is 0 Å². The molecule has 4 nitrogen and oxygen atoms in total. The van der Waals surface area contributed by atoms with Crippen LogP contribution in [0, 0.1) is 0 Å². The molecule has 3 rings (SSSR count). The second-order valence-electron chi connectivity index (χ2n) is 4.94. The maximum Gasteiger partial charge on any atom is 0.159 e. The Bertz CT molecular complexity index is 645. The van der Waals surface area contributed by atoms with E-state index in [0.717, 1.165) is 36.1 Å². The fraction of sp³-hybridized carbons (Fsp3) is 0.333. The van der Waals surface area contributed by atoms with E-state index in [2.05, 4.69) is 9.97 Å². The number of ether oxygens (including phenoxy) is 1. The Balaban J connectivity index is 2.00. The molecule has 0 fully saturated rings. The summed E-state index contributed by atoms with van der Waals surface area (Å²) in [5.74, 6) is 1.33. The second-order valence-corrected chi connectivity index (χ2v) is 5.35. The molecule has 1 heterocycles. The Labute approximate surface area is 123 Å². The van der Waals surface area contributed by atoms with E-state index >= 15 is 0 Å². The molecule has 0 bridgehead atoms. The minimum atomic E-state index is 0.0623. The van der Waals surface area contributed by atoms with Crippen molar-refractivity contribution < 1.29 is 4.74 Å². The standard InChI is InChI=1S/C15H16ClN3O/c1-20-14-6-5-9(7-11(14)16)15-18-8-10-12(17)3-2-4-13(10)19-15/h5-8,12H,2-4,17H2,1H3. The van der Waals surface area contributed by atoms with E-state index in [-0.39, 0.29) is 6.04 Å². The van der Waals surface area contributed by atoms with E-state index in [1.807, 2.05) is 24.4 Å². The first-order chi connectivity index (χ1) is 9.69. The van der Waals surface area contributed by atoms with Crippen LogP contribution in [0.2, 0.25) is 5.02 Å². The Morgan fingerprint density at radius 1 is 1.40 bits per heavy atom. The summed E-state index contributed by atoms with van der Waals surface area (Å²) >= 11 is 6.15. The minimum Gasteiger partial charge on any atom is -0.495 e.